The average Bonchev–Trinajstić information content (AvgIpc) is 2.75. The minimum absolute atomic E-state index is 0.0231. The lowest BCUT2D eigenvalue weighted by Gasteiger charge is -2.19. The van der Waals surface area contributed by atoms with Crippen molar-refractivity contribution in [2.24, 2.45) is 0 Å². The molecule has 0 radical (unpaired) electrons. The quantitative estimate of drug-likeness (QED) is 0.0878. The summed E-state index contributed by atoms with van der Waals surface area (Å²) in [6, 6.07) is 2.95. The largest absolute Gasteiger partial charge is 0.481 e. The van der Waals surface area contributed by atoms with E-state index in [9.17, 15) is 33.9 Å². The van der Waals surface area contributed by atoms with E-state index < -0.39 is 54.9 Å². The summed E-state index contributed by atoms with van der Waals surface area (Å²) in [5.74, 6) is -5.47. The van der Waals surface area contributed by atoms with Gasteiger partial charge < -0.3 is 36.6 Å². The van der Waals surface area contributed by atoms with Gasteiger partial charge in [-0.25, -0.2) is 14.4 Å². The number of halogens is 1. The number of unbranched alkanes of at least 4 members (excludes halogenated alkanes) is 1. The maximum atomic E-state index is 12.0. The molecule has 0 fully saturated rings. The molecule has 13 nitrogen and oxygen atoms in total. The predicted octanol–water partition coefficient (Wildman–Crippen LogP) is -0.0122. The van der Waals surface area contributed by atoms with Crippen LogP contribution in [0.25, 0.3) is 0 Å². The van der Waals surface area contributed by atoms with E-state index in [1.165, 1.54) is 0 Å². The Morgan fingerprint density at radius 2 is 1.41 bits per heavy atom. The molecule has 0 unspecified atom stereocenters. The zero-order chi connectivity index (χ0) is 25.7. The normalized spacial score (nSPS) is 12.0. The molecule has 186 valence electrons. The van der Waals surface area contributed by atoms with E-state index in [4.69, 9.17) is 10.2 Å². The molecule has 14 heteroatoms. The third-order valence-corrected chi connectivity index (χ3v) is 5.05. The number of hydrogen-bond acceptors (Lipinski definition) is 6. The number of urea groups is 1. The summed E-state index contributed by atoms with van der Waals surface area (Å²) in [7, 11) is 0. The lowest BCUT2D eigenvalue weighted by Crippen LogP contribution is -2.54. The van der Waals surface area contributed by atoms with Gasteiger partial charge in [0.25, 0.3) is 5.91 Å². The van der Waals surface area contributed by atoms with Gasteiger partial charge in [0.1, 0.15) is 18.5 Å². The smallest absolute Gasteiger partial charge is 0.328 e. The van der Waals surface area contributed by atoms with Crippen LogP contribution in [0.2, 0.25) is 0 Å². The summed E-state index contributed by atoms with van der Waals surface area (Å²) in [6.07, 6.45) is -0.0611. The van der Waals surface area contributed by atoms with Gasteiger partial charge in [0.15, 0.2) is 0 Å². The standard InChI is InChI=1S/C20H25IN4O9/c21-12-6-4-11(5-7-12)17(29)22-8-2-1-3-13(18(30)31)24-20(34)25-14(19(32)33)10-23-15(26)9-16(27)28/h4-7,13-14H,1-3,8-10H2,(H,22,29)(H,23,26)(H,27,28)(H,30,31)(H,32,33)(H2,24,25,34)/t13-,14-/m0/s1. The van der Waals surface area contributed by atoms with Crippen molar-refractivity contribution >= 4 is 58.3 Å². The number of amides is 4. The summed E-state index contributed by atoms with van der Waals surface area (Å²) in [6.45, 7) is -0.298. The Hall–Kier alpha value is -3.43. The SMILES string of the molecule is O=C(O)CC(=O)NC[C@H](NC(=O)N[C@@H](CCCCNC(=O)c1ccc(I)cc1)C(=O)O)C(=O)O. The van der Waals surface area contributed by atoms with Gasteiger partial charge in [-0.15, -0.1) is 0 Å². The van der Waals surface area contributed by atoms with Crippen LogP contribution < -0.4 is 21.3 Å². The Kier molecular flexibility index (Phi) is 12.3. The number of carbonyl (C=O) groups is 6. The van der Waals surface area contributed by atoms with E-state index >= 15 is 0 Å². The molecule has 0 aromatic heterocycles. The first-order valence-electron chi connectivity index (χ1n) is 10.0. The number of benzene rings is 1. The van der Waals surface area contributed by atoms with Crippen LogP contribution in [-0.4, -0.2) is 76.2 Å². The summed E-state index contributed by atoms with van der Waals surface area (Å²) in [4.78, 5) is 68.5. The molecular formula is C20H25IN4O9. The summed E-state index contributed by atoms with van der Waals surface area (Å²) in [5, 5.41) is 35.9. The third-order valence-electron chi connectivity index (χ3n) is 4.33. The van der Waals surface area contributed by atoms with Crippen molar-refractivity contribution in [3.63, 3.8) is 0 Å². The molecule has 4 amide bonds. The first kappa shape index (κ1) is 28.6. The topological polar surface area (TPSA) is 211 Å². The highest BCUT2D eigenvalue weighted by molar-refractivity contribution is 14.1. The zero-order valence-electron chi connectivity index (χ0n) is 17.9. The van der Waals surface area contributed by atoms with Crippen LogP contribution in [0.4, 0.5) is 4.79 Å². The summed E-state index contributed by atoms with van der Waals surface area (Å²) in [5.41, 5.74) is 0.495. The molecule has 1 aromatic carbocycles. The second kappa shape index (κ2) is 14.7. The van der Waals surface area contributed by atoms with E-state index in [0.29, 0.717) is 24.9 Å². The third kappa shape index (κ3) is 11.4. The van der Waals surface area contributed by atoms with E-state index in [2.05, 4.69) is 38.5 Å². The molecule has 0 saturated heterocycles. The van der Waals surface area contributed by atoms with E-state index in [0.717, 1.165) is 3.57 Å². The van der Waals surface area contributed by atoms with Crippen molar-refractivity contribution < 1.29 is 44.1 Å². The highest BCUT2D eigenvalue weighted by Gasteiger charge is 2.25. The molecule has 0 saturated carbocycles. The first-order chi connectivity index (χ1) is 16.0. The first-order valence-corrected chi connectivity index (χ1v) is 11.1. The van der Waals surface area contributed by atoms with Gasteiger partial charge in [0.05, 0.1) is 0 Å². The van der Waals surface area contributed by atoms with Crippen molar-refractivity contribution in [2.45, 2.75) is 37.8 Å². The molecule has 1 rings (SSSR count). The van der Waals surface area contributed by atoms with Crippen molar-refractivity contribution in [2.75, 3.05) is 13.1 Å². The van der Waals surface area contributed by atoms with Crippen LogP contribution in [0, 0.1) is 3.57 Å². The molecule has 2 atom stereocenters. The molecule has 34 heavy (non-hydrogen) atoms. The number of aliphatic carboxylic acids is 3. The Morgan fingerprint density at radius 1 is 0.824 bits per heavy atom. The van der Waals surface area contributed by atoms with Crippen molar-refractivity contribution in [3.05, 3.63) is 33.4 Å². The monoisotopic (exact) mass is 592 g/mol. The van der Waals surface area contributed by atoms with Gasteiger partial charge in [0.2, 0.25) is 5.91 Å². The van der Waals surface area contributed by atoms with Crippen LogP contribution in [0.5, 0.6) is 0 Å². The van der Waals surface area contributed by atoms with Gasteiger partial charge in [0, 0.05) is 22.2 Å². The van der Waals surface area contributed by atoms with Gasteiger partial charge in [-0.3, -0.25) is 14.4 Å². The highest BCUT2D eigenvalue weighted by Crippen LogP contribution is 2.07. The molecule has 0 spiro atoms. The Bertz CT molecular complexity index is 908. The molecule has 0 aliphatic heterocycles. The molecule has 0 aliphatic carbocycles. The maximum absolute atomic E-state index is 12.0. The fourth-order valence-electron chi connectivity index (χ4n) is 2.61. The summed E-state index contributed by atoms with van der Waals surface area (Å²) >= 11 is 2.12. The van der Waals surface area contributed by atoms with Gasteiger partial charge in [-0.05, 0) is 66.1 Å². The number of carboxylic acids is 3. The minimum atomic E-state index is -1.61. The van der Waals surface area contributed by atoms with Crippen LogP contribution in [-0.2, 0) is 19.2 Å². The molecule has 0 bridgehead atoms. The number of carbonyl (C=O) groups excluding carboxylic acids is 3. The number of rotatable bonds is 14. The molecular weight excluding hydrogens is 567 g/mol. The number of carboxylic acid groups (broad SMARTS) is 3. The van der Waals surface area contributed by atoms with E-state index in [1.807, 2.05) is 5.32 Å². The van der Waals surface area contributed by atoms with Crippen LogP contribution >= 0.6 is 22.6 Å². The van der Waals surface area contributed by atoms with Gasteiger partial charge in [-0.1, -0.05) is 0 Å². The second-order valence-electron chi connectivity index (χ2n) is 7.03. The molecule has 0 aliphatic rings. The summed E-state index contributed by atoms with van der Waals surface area (Å²) < 4.78 is 0.989. The molecule has 1 aromatic rings. The average molecular weight is 592 g/mol. The Balaban J connectivity index is 2.43. The Labute approximate surface area is 207 Å². The van der Waals surface area contributed by atoms with Gasteiger partial charge in [-0.2, -0.15) is 0 Å². The van der Waals surface area contributed by atoms with E-state index in [-0.39, 0.29) is 12.3 Å². The zero-order valence-corrected chi connectivity index (χ0v) is 20.0. The lowest BCUT2D eigenvalue weighted by atomic mass is 10.1. The lowest BCUT2D eigenvalue weighted by molar-refractivity contribution is -0.141. The van der Waals surface area contributed by atoms with Crippen LogP contribution in [0.1, 0.15) is 36.0 Å². The fraction of sp³-hybridized carbons (Fsp3) is 0.400. The van der Waals surface area contributed by atoms with Gasteiger partial charge >= 0.3 is 23.9 Å². The molecule has 0 heterocycles. The minimum Gasteiger partial charge on any atom is -0.481 e. The van der Waals surface area contributed by atoms with E-state index in [1.54, 1.807) is 24.3 Å². The highest BCUT2D eigenvalue weighted by atomic mass is 127. The molecule has 7 N–H and O–H groups in total. The van der Waals surface area contributed by atoms with Crippen LogP contribution in [0.15, 0.2) is 24.3 Å². The van der Waals surface area contributed by atoms with Crippen molar-refractivity contribution in [3.8, 4) is 0 Å². The van der Waals surface area contributed by atoms with Crippen molar-refractivity contribution in [1.82, 2.24) is 21.3 Å². The van der Waals surface area contributed by atoms with Crippen LogP contribution in [0.3, 0.4) is 0 Å². The van der Waals surface area contributed by atoms with Crippen molar-refractivity contribution in [1.29, 1.82) is 0 Å². The fourth-order valence-corrected chi connectivity index (χ4v) is 2.97. The number of nitrogens with one attached hydrogen (secondary N) is 4. The predicted molar refractivity (Wildman–Crippen MR) is 125 cm³/mol. The Morgan fingerprint density at radius 3 is 1.97 bits per heavy atom. The number of hydrogen-bond donors (Lipinski definition) is 7. The second-order valence-corrected chi connectivity index (χ2v) is 8.28. The maximum Gasteiger partial charge on any atom is 0.328 e.